The van der Waals surface area contributed by atoms with E-state index in [9.17, 15) is 39.8 Å². The van der Waals surface area contributed by atoms with Crippen molar-refractivity contribution in [2.45, 2.75) is 29.3 Å². The molecule has 4 aliphatic rings. The number of carbonyl (C=O) groups excluding carboxylic acids is 4. The van der Waals surface area contributed by atoms with Gasteiger partial charge in [0.1, 0.15) is 35.5 Å². The Kier molecular flexibility index (Phi) is 6.04. The summed E-state index contributed by atoms with van der Waals surface area (Å²) in [5.41, 5.74) is 15.7. The van der Waals surface area contributed by atoms with Gasteiger partial charge >= 0.3 is 0 Å². The van der Waals surface area contributed by atoms with Crippen molar-refractivity contribution in [3.63, 3.8) is 0 Å². The molecule has 41 heavy (non-hydrogen) atoms. The molecule has 2 fully saturated rings. The van der Waals surface area contributed by atoms with Gasteiger partial charge in [0.05, 0.1) is 40.4 Å². The summed E-state index contributed by atoms with van der Waals surface area (Å²) in [7, 11) is 2.65. The lowest BCUT2D eigenvalue weighted by Gasteiger charge is -2.62. The van der Waals surface area contributed by atoms with E-state index in [0.29, 0.717) is 0 Å². The quantitative estimate of drug-likeness (QED) is 0.189. The van der Waals surface area contributed by atoms with Gasteiger partial charge in [-0.15, -0.1) is 0 Å². The van der Waals surface area contributed by atoms with Crippen molar-refractivity contribution in [1.29, 1.82) is 5.26 Å². The molecule has 214 valence electrons. The standard InChI is InChI=1S/C27H28N6O8/c1-33(2)20-18(36)14(23(30)39)21(37)25(9-28)22(38)15-17(35)13-11(19(29)26(15,31)24(40)27(20,25)32)7-6-10(16(13)34)12-5-3-4-8-41-12/h3-7,14,19-20,24,34-35,40H,8,29,31-32H2,1-2H3,(H2,30,39)/t14?,19-,20+,24-,25-,26+,27-/m0/s1. The Balaban J connectivity index is 1.86. The van der Waals surface area contributed by atoms with E-state index in [2.05, 4.69) is 0 Å². The van der Waals surface area contributed by atoms with Crippen LogP contribution in [-0.2, 0) is 23.9 Å². The molecule has 1 aromatic carbocycles. The van der Waals surface area contributed by atoms with Crippen molar-refractivity contribution < 1.29 is 39.2 Å². The molecule has 7 atom stereocenters. The molecule has 1 heterocycles. The second-order valence-electron chi connectivity index (χ2n) is 10.8. The van der Waals surface area contributed by atoms with Gasteiger partial charge in [-0.25, -0.2) is 0 Å². The number of aromatic hydroxyl groups is 1. The molecule has 14 heteroatoms. The predicted octanol–water partition coefficient (Wildman–Crippen LogP) is -2.37. The first-order valence-corrected chi connectivity index (χ1v) is 12.5. The first kappa shape index (κ1) is 28.1. The van der Waals surface area contributed by atoms with E-state index in [1.165, 1.54) is 26.2 Å². The summed E-state index contributed by atoms with van der Waals surface area (Å²) in [6.45, 7) is 0.198. The van der Waals surface area contributed by atoms with Crippen molar-refractivity contribution in [3.05, 3.63) is 52.6 Å². The van der Waals surface area contributed by atoms with E-state index in [-0.39, 0.29) is 29.1 Å². The van der Waals surface area contributed by atoms with Gasteiger partial charge in [0.15, 0.2) is 23.3 Å². The summed E-state index contributed by atoms with van der Waals surface area (Å²) in [5, 5.41) is 45.2. The predicted molar refractivity (Wildman–Crippen MR) is 141 cm³/mol. The maximum atomic E-state index is 14.4. The molecule has 5 rings (SSSR count). The number of fused-ring (bicyclic) bond motifs is 3. The molecule has 1 aliphatic heterocycles. The van der Waals surface area contributed by atoms with Gasteiger partial charge in [-0.2, -0.15) is 5.26 Å². The fourth-order valence-electron chi connectivity index (χ4n) is 6.79. The number of aliphatic hydroxyl groups excluding tert-OH is 2. The number of primary amides is 1. The number of Topliss-reactive ketones (excluding diaryl/α,β-unsaturated/α-hetero) is 3. The van der Waals surface area contributed by atoms with Crippen LogP contribution in [0.2, 0.25) is 0 Å². The number of aliphatic hydroxyl groups is 2. The van der Waals surface area contributed by atoms with Crippen LogP contribution in [0.1, 0.15) is 22.7 Å². The van der Waals surface area contributed by atoms with E-state index in [0.717, 1.165) is 4.90 Å². The van der Waals surface area contributed by atoms with Crippen molar-refractivity contribution in [3.8, 4) is 11.8 Å². The molecule has 0 radical (unpaired) electrons. The SMILES string of the molecule is CN(C)[C@@H]1C(=O)C(C(N)=O)C(=O)[C@@]2(C#N)C(=O)C3=C(O)c4c(ccc(C5=CC=CCO5)c4O)[C@H](N)[C@@]3(N)[C@H](O)[C@@]12N. The largest absolute Gasteiger partial charge is 0.507 e. The van der Waals surface area contributed by atoms with Gasteiger partial charge in [-0.3, -0.25) is 24.1 Å². The third kappa shape index (κ3) is 3.06. The number of nitriles is 1. The van der Waals surface area contributed by atoms with E-state index >= 15 is 0 Å². The van der Waals surface area contributed by atoms with Gasteiger partial charge < -0.3 is 43.0 Å². The Morgan fingerprint density at radius 1 is 1.20 bits per heavy atom. The minimum Gasteiger partial charge on any atom is -0.507 e. The number of likely N-dealkylation sites (N-methyl/N-ethyl adjacent to an activating group) is 1. The zero-order chi connectivity index (χ0) is 30.4. The lowest BCUT2D eigenvalue weighted by atomic mass is 9.43. The van der Waals surface area contributed by atoms with Crippen LogP contribution in [-0.4, -0.2) is 87.4 Å². The molecule has 0 spiro atoms. The number of benzene rings is 1. The third-order valence-corrected chi connectivity index (χ3v) is 8.68. The molecule has 0 bridgehead atoms. The van der Waals surface area contributed by atoms with E-state index in [1.807, 2.05) is 0 Å². The second kappa shape index (κ2) is 8.80. The Hall–Kier alpha value is -4.39. The third-order valence-electron chi connectivity index (χ3n) is 8.68. The molecular weight excluding hydrogens is 536 g/mol. The first-order valence-electron chi connectivity index (χ1n) is 12.5. The summed E-state index contributed by atoms with van der Waals surface area (Å²) in [5.74, 6) is -9.19. The van der Waals surface area contributed by atoms with Gasteiger partial charge in [0, 0.05) is 0 Å². The Labute approximate surface area is 233 Å². The lowest BCUT2D eigenvalue weighted by Crippen LogP contribution is -2.90. The number of hydrogen-bond donors (Lipinski definition) is 7. The van der Waals surface area contributed by atoms with Crippen LogP contribution in [0.3, 0.4) is 0 Å². The summed E-state index contributed by atoms with van der Waals surface area (Å²) in [6, 6.07) is 1.02. The number of rotatable bonds is 3. The highest BCUT2D eigenvalue weighted by molar-refractivity contribution is 6.34. The van der Waals surface area contributed by atoms with Crippen LogP contribution in [0.25, 0.3) is 11.5 Å². The van der Waals surface area contributed by atoms with Crippen LogP contribution < -0.4 is 22.9 Å². The van der Waals surface area contributed by atoms with Crippen molar-refractivity contribution in [1.82, 2.24) is 4.90 Å². The second-order valence-corrected chi connectivity index (χ2v) is 10.8. The summed E-state index contributed by atoms with van der Waals surface area (Å²) >= 11 is 0. The molecule has 3 aliphatic carbocycles. The summed E-state index contributed by atoms with van der Waals surface area (Å²) in [4.78, 5) is 55.1. The minimum absolute atomic E-state index is 0.00765. The number of amides is 1. The number of ether oxygens (including phenoxy) is 1. The first-order chi connectivity index (χ1) is 19.1. The van der Waals surface area contributed by atoms with E-state index in [1.54, 1.807) is 24.3 Å². The fraction of sp³-hybridized carbons (Fsp3) is 0.370. The molecule has 0 aromatic heterocycles. The van der Waals surface area contributed by atoms with Crippen molar-refractivity contribution in [2.75, 3.05) is 20.7 Å². The van der Waals surface area contributed by atoms with Crippen molar-refractivity contribution >= 4 is 34.8 Å². The number of nitrogens with two attached hydrogens (primary N) is 4. The number of ketones is 3. The molecule has 11 N–H and O–H groups in total. The molecule has 1 unspecified atom stereocenters. The minimum atomic E-state index is -3.12. The average molecular weight is 565 g/mol. The normalized spacial score (nSPS) is 36.1. The summed E-state index contributed by atoms with van der Waals surface area (Å²) in [6.07, 6.45) is 2.64. The van der Waals surface area contributed by atoms with E-state index < -0.39 is 80.9 Å². The Morgan fingerprint density at radius 3 is 2.39 bits per heavy atom. The van der Waals surface area contributed by atoms with Crippen LogP contribution in [0.15, 0.2) is 35.9 Å². The number of carbonyl (C=O) groups is 4. The summed E-state index contributed by atoms with van der Waals surface area (Å²) < 4.78 is 5.54. The molecule has 0 saturated heterocycles. The number of phenolic OH excluding ortho intramolecular Hbond substituents is 1. The topological polar surface area (TPSA) is 269 Å². The highest BCUT2D eigenvalue weighted by atomic mass is 16.5. The zero-order valence-corrected chi connectivity index (χ0v) is 22.0. The number of hydrogen-bond acceptors (Lipinski definition) is 13. The smallest absolute Gasteiger partial charge is 0.235 e. The van der Waals surface area contributed by atoms with Crippen LogP contribution in [0, 0.1) is 22.7 Å². The number of allylic oxidation sites excluding steroid dienone is 2. The number of nitrogens with zero attached hydrogens (tertiary/aromatic N) is 2. The molecule has 1 aromatic rings. The Bertz CT molecular complexity index is 1590. The van der Waals surface area contributed by atoms with Crippen LogP contribution in [0.5, 0.6) is 5.75 Å². The van der Waals surface area contributed by atoms with Gasteiger partial charge in [-0.1, -0.05) is 12.1 Å². The highest BCUT2D eigenvalue weighted by Crippen LogP contribution is 2.59. The van der Waals surface area contributed by atoms with Gasteiger partial charge in [0.2, 0.25) is 11.3 Å². The monoisotopic (exact) mass is 564 g/mol. The van der Waals surface area contributed by atoms with Crippen LogP contribution in [0.4, 0.5) is 0 Å². The number of phenols is 1. The molecular formula is C27H28N6O8. The highest BCUT2D eigenvalue weighted by Gasteiger charge is 2.81. The van der Waals surface area contributed by atoms with Crippen molar-refractivity contribution in [2.24, 2.45) is 34.3 Å². The average Bonchev–Trinajstić information content (AvgIpc) is 2.91. The molecule has 2 saturated carbocycles. The maximum Gasteiger partial charge on any atom is 0.235 e. The van der Waals surface area contributed by atoms with Gasteiger partial charge in [-0.05, 0) is 37.9 Å². The molecule has 1 amide bonds. The fourth-order valence-corrected chi connectivity index (χ4v) is 6.79. The zero-order valence-electron chi connectivity index (χ0n) is 22.0. The van der Waals surface area contributed by atoms with Gasteiger partial charge in [0.25, 0.3) is 0 Å². The van der Waals surface area contributed by atoms with E-state index in [4.69, 9.17) is 27.7 Å². The van der Waals surface area contributed by atoms with Crippen LogP contribution >= 0.6 is 0 Å². The Morgan fingerprint density at radius 2 is 1.85 bits per heavy atom. The lowest BCUT2D eigenvalue weighted by molar-refractivity contribution is -0.172. The maximum absolute atomic E-state index is 14.4. The molecule has 14 nitrogen and oxygen atoms in total.